The number of methoxy groups -OCH3 is 1. The van der Waals surface area contributed by atoms with Gasteiger partial charge in [0, 0.05) is 25.7 Å². The Balaban J connectivity index is 1.99. The lowest BCUT2D eigenvalue weighted by atomic mass is 10.0. The number of carbonyl (C=O) groups excluding carboxylic acids is 2. The van der Waals surface area contributed by atoms with Crippen molar-refractivity contribution >= 4 is 17.7 Å². The van der Waals surface area contributed by atoms with E-state index in [0.717, 1.165) is 35.2 Å². The van der Waals surface area contributed by atoms with Gasteiger partial charge in [-0.25, -0.2) is 9.59 Å². The van der Waals surface area contributed by atoms with E-state index in [2.05, 4.69) is 18.8 Å². The van der Waals surface area contributed by atoms with Crippen LogP contribution in [0.1, 0.15) is 44.6 Å². The van der Waals surface area contributed by atoms with Crippen LogP contribution in [-0.2, 0) is 20.7 Å². The second-order valence-electron chi connectivity index (χ2n) is 8.29. The van der Waals surface area contributed by atoms with E-state index in [1.54, 1.807) is 18.0 Å². The zero-order chi connectivity index (χ0) is 24.8. The fourth-order valence-electron chi connectivity index (χ4n) is 3.63. The molecule has 0 radical (unpaired) electrons. The summed E-state index contributed by atoms with van der Waals surface area (Å²) in [6.45, 7) is 6.79. The standard InChI is InChI=1S/C28H38N2O4/c1-5-7-8-9-10-18-29-28(32)30(3)25-13-11-12-24(21-25)23-16-14-22(15-17-23)20-26(27(31)33-4)34-19-6-2/h6,11-17,21,26H,2,5,7-10,18-20H2,1,3-4H3,(H,29,32). The average Bonchev–Trinajstić information content (AvgIpc) is 2.87. The fraction of sp³-hybridized carbons (Fsp3) is 0.429. The van der Waals surface area contributed by atoms with Gasteiger partial charge >= 0.3 is 12.0 Å². The predicted molar refractivity (Wildman–Crippen MR) is 138 cm³/mol. The Morgan fingerprint density at radius 1 is 1.06 bits per heavy atom. The first-order chi connectivity index (χ1) is 16.5. The first-order valence-electron chi connectivity index (χ1n) is 12.0. The quantitative estimate of drug-likeness (QED) is 0.218. The summed E-state index contributed by atoms with van der Waals surface area (Å²) < 4.78 is 10.4. The molecule has 2 aromatic carbocycles. The number of anilines is 1. The maximum atomic E-state index is 12.5. The minimum absolute atomic E-state index is 0.101. The molecule has 2 aromatic rings. The van der Waals surface area contributed by atoms with Gasteiger partial charge in [0.15, 0.2) is 6.10 Å². The van der Waals surface area contributed by atoms with E-state index in [0.29, 0.717) is 13.0 Å². The Bertz CT molecular complexity index is 911. The van der Waals surface area contributed by atoms with Gasteiger partial charge in [0.05, 0.1) is 13.7 Å². The molecule has 0 fully saturated rings. The van der Waals surface area contributed by atoms with Crippen molar-refractivity contribution in [1.29, 1.82) is 0 Å². The van der Waals surface area contributed by atoms with Crippen LogP contribution in [0, 0.1) is 0 Å². The number of hydrogen-bond acceptors (Lipinski definition) is 4. The highest BCUT2D eigenvalue weighted by Gasteiger charge is 2.20. The van der Waals surface area contributed by atoms with E-state index in [1.807, 2.05) is 48.5 Å². The van der Waals surface area contributed by atoms with Gasteiger partial charge in [-0.2, -0.15) is 0 Å². The van der Waals surface area contributed by atoms with Gasteiger partial charge in [-0.05, 0) is 35.2 Å². The predicted octanol–water partition coefficient (Wildman–Crippen LogP) is 5.76. The molecule has 0 heterocycles. The Morgan fingerprint density at radius 2 is 1.79 bits per heavy atom. The molecule has 0 saturated heterocycles. The van der Waals surface area contributed by atoms with Gasteiger partial charge in [-0.3, -0.25) is 4.90 Å². The van der Waals surface area contributed by atoms with Crippen molar-refractivity contribution < 1.29 is 19.1 Å². The van der Waals surface area contributed by atoms with Crippen molar-refractivity contribution in [1.82, 2.24) is 5.32 Å². The Labute approximate surface area is 203 Å². The van der Waals surface area contributed by atoms with Crippen LogP contribution in [0.5, 0.6) is 0 Å². The normalized spacial score (nSPS) is 11.5. The van der Waals surface area contributed by atoms with Gasteiger partial charge in [0.25, 0.3) is 0 Å². The van der Waals surface area contributed by atoms with Crippen LogP contribution in [-0.4, -0.2) is 45.4 Å². The molecule has 6 nitrogen and oxygen atoms in total. The molecule has 1 N–H and O–H groups in total. The van der Waals surface area contributed by atoms with Gasteiger partial charge in [0.2, 0.25) is 0 Å². The zero-order valence-corrected chi connectivity index (χ0v) is 20.7. The second kappa shape index (κ2) is 14.9. The molecule has 34 heavy (non-hydrogen) atoms. The average molecular weight is 467 g/mol. The van der Waals surface area contributed by atoms with Crippen LogP contribution in [0.3, 0.4) is 0 Å². The van der Waals surface area contributed by atoms with Crippen LogP contribution in [0.15, 0.2) is 61.2 Å². The van der Waals surface area contributed by atoms with Crippen LogP contribution in [0.25, 0.3) is 11.1 Å². The minimum atomic E-state index is -0.670. The monoisotopic (exact) mass is 466 g/mol. The smallest absolute Gasteiger partial charge is 0.335 e. The molecule has 0 saturated carbocycles. The van der Waals surface area contributed by atoms with E-state index in [4.69, 9.17) is 9.47 Å². The number of amides is 2. The van der Waals surface area contributed by atoms with E-state index < -0.39 is 12.1 Å². The van der Waals surface area contributed by atoms with Gasteiger partial charge in [-0.15, -0.1) is 6.58 Å². The number of benzene rings is 2. The summed E-state index contributed by atoms with van der Waals surface area (Å²) in [4.78, 5) is 26.2. The molecule has 2 rings (SSSR count). The zero-order valence-electron chi connectivity index (χ0n) is 20.7. The summed E-state index contributed by atoms with van der Waals surface area (Å²) in [7, 11) is 3.14. The molecule has 6 heteroatoms. The van der Waals surface area contributed by atoms with Gasteiger partial charge in [0.1, 0.15) is 0 Å². The molecular weight excluding hydrogens is 428 g/mol. The highest BCUT2D eigenvalue weighted by Crippen LogP contribution is 2.25. The summed E-state index contributed by atoms with van der Waals surface area (Å²) in [5, 5.41) is 3.00. The first kappa shape index (κ1) is 27.1. The van der Waals surface area contributed by atoms with Crippen LogP contribution >= 0.6 is 0 Å². The van der Waals surface area contributed by atoms with Crippen molar-refractivity contribution in [2.24, 2.45) is 0 Å². The molecule has 1 unspecified atom stereocenters. The van der Waals surface area contributed by atoms with Crippen molar-refractivity contribution in [3.8, 4) is 11.1 Å². The number of carbonyl (C=O) groups is 2. The molecule has 0 aliphatic heterocycles. The molecular formula is C28H38N2O4. The molecule has 0 bridgehead atoms. The molecule has 0 aromatic heterocycles. The van der Waals surface area contributed by atoms with Crippen LogP contribution < -0.4 is 10.2 Å². The van der Waals surface area contributed by atoms with Crippen molar-refractivity contribution in [3.63, 3.8) is 0 Å². The Kier molecular flexibility index (Phi) is 11.9. The summed E-state index contributed by atoms with van der Waals surface area (Å²) in [6.07, 6.45) is 7.18. The largest absolute Gasteiger partial charge is 0.467 e. The highest BCUT2D eigenvalue weighted by molar-refractivity contribution is 5.92. The van der Waals surface area contributed by atoms with E-state index in [-0.39, 0.29) is 12.6 Å². The molecule has 0 aliphatic rings. The first-order valence-corrected chi connectivity index (χ1v) is 12.0. The van der Waals surface area contributed by atoms with Gasteiger partial charge < -0.3 is 14.8 Å². The van der Waals surface area contributed by atoms with E-state index >= 15 is 0 Å². The lowest BCUT2D eigenvalue weighted by Crippen LogP contribution is -2.37. The number of rotatable bonds is 14. The summed E-state index contributed by atoms with van der Waals surface area (Å²) >= 11 is 0. The third-order valence-electron chi connectivity index (χ3n) is 5.68. The second-order valence-corrected chi connectivity index (χ2v) is 8.29. The number of esters is 1. The Morgan fingerprint density at radius 3 is 2.47 bits per heavy atom. The van der Waals surface area contributed by atoms with Crippen molar-refractivity contribution in [2.75, 3.05) is 32.2 Å². The molecule has 1 atom stereocenters. The number of urea groups is 1. The topological polar surface area (TPSA) is 67.9 Å². The molecule has 2 amide bonds. The number of unbranched alkanes of at least 4 members (excludes halogenated alkanes) is 4. The van der Waals surface area contributed by atoms with Crippen LogP contribution in [0.2, 0.25) is 0 Å². The molecule has 184 valence electrons. The number of nitrogens with zero attached hydrogens (tertiary/aromatic N) is 1. The maximum absolute atomic E-state index is 12.5. The summed E-state index contributed by atoms with van der Waals surface area (Å²) in [6, 6.07) is 15.8. The third-order valence-corrected chi connectivity index (χ3v) is 5.68. The third kappa shape index (κ3) is 8.67. The van der Waals surface area contributed by atoms with Crippen LogP contribution in [0.4, 0.5) is 10.5 Å². The highest BCUT2D eigenvalue weighted by atomic mass is 16.6. The minimum Gasteiger partial charge on any atom is -0.467 e. The number of hydrogen-bond donors (Lipinski definition) is 1. The molecule has 0 spiro atoms. The number of ether oxygens (including phenoxy) is 2. The summed E-state index contributed by atoms with van der Waals surface area (Å²) in [5.74, 6) is -0.402. The van der Waals surface area contributed by atoms with E-state index in [9.17, 15) is 9.59 Å². The maximum Gasteiger partial charge on any atom is 0.335 e. The lowest BCUT2D eigenvalue weighted by Gasteiger charge is -2.19. The van der Waals surface area contributed by atoms with Crippen molar-refractivity contribution in [3.05, 3.63) is 66.7 Å². The Hall–Kier alpha value is -3.12. The summed E-state index contributed by atoms with van der Waals surface area (Å²) in [5.41, 5.74) is 3.83. The van der Waals surface area contributed by atoms with Gasteiger partial charge in [-0.1, -0.05) is 75.1 Å². The molecule has 0 aliphatic carbocycles. The van der Waals surface area contributed by atoms with E-state index in [1.165, 1.54) is 26.4 Å². The SMILES string of the molecule is C=CCOC(Cc1ccc(-c2cccc(N(C)C(=O)NCCCCCCC)c2)cc1)C(=O)OC. The lowest BCUT2D eigenvalue weighted by molar-refractivity contribution is -0.153. The van der Waals surface area contributed by atoms with Crippen molar-refractivity contribution in [2.45, 2.75) is 51.6 Å². The fourth-order valence-corrected chi connectivity index (χ4v) is 3.63. The number of nitrogens with one attached hydrogen (secondary N) is 1.